The zero-order valence-electron chi connectivity index (χ0n) is 8.33. The summed E-state index contributed by atoms with van der Waals surface area (Å²) in [7, 11) is 0. The molecule has 2 rings (SSSR count). The van der Waals surface area contributed by atoms with E-state index in [-0.39, 0.29) is 0 Å². The third kappa shape index (κ3) is 1.86. The van der Waals surface area contributed by atoms with Gasteiger partial charge in [0.1, 0.15) is 0 Å². The summed E-state index contributed by atoms with van der Waals surface area (Å²) in [4.78, 5) is 0. The average Bonchev–Trinajstić information content (AvgIpc) is 2.19. The van der Waals surface area contributed by atoms with Crippen LogP contribution in [-0.4, -0.2) is 10.7 Å². The number of rotatable bonds is 2. The molecule has 2 unspecified atom stereocenters. The monoisotopic (exact) mass is 254 g/mol. The van der Waals surface area contributed by atoms with Crippen molar-refractivity contribution in [2.24, 2.45) is 5.92 Å². The van der Waals surface area contributed by atoms with Crippen LogP contribution in [0.4, 0.5) is 0 Å². The molecule has 2 heteroatoms. The van der Waals surface area contributed by atoms with Crippen molar-refractivity contribution in [3.63, 3.8) is 0 Å². The van der Waals surface area contributed by atoms with Crippen molar-refractivity contribution in [3.05, 3.63) is 34.3 Å². The molecular formula is C12H15BrO. The first-order chi connectivity index (χ1) is 6.60. The summed E-state index contributed by atoms with van der Waals surface area (Å²) in [5.41, 5.74) is 0.788. The minimum absolute atomic E-state index is 0.437. The van der Waals surface area contributed by atoms with Crippen LogP contribution in [0.3, 0.4) is 0 Å². The molecule has 0 amide bonds. The lowest BCUT2D eigenvalue weighted by molar-refractivity contribution is -0.0851. The molecule has 0 heterocycles. The second kappa shape index (κ2) is 3.67. The number of halogens is 1. The molecule has 1 saturated carbocycles. The zero-order chi connectivity index (χ0) is 10.2. The summed E-state index contributed by atoms with van der Waals surface area (Å²) in [5.74, 6) is 0.450. The van der Waals surface area contributed by atoms with E-state index in [4.69, 9.17) is 0 Å². The Labute approximate surface area is 93.3 Å². The van der Waals surface area contributed by atoms with Gasteiger partial charge in [-0.1, -0.05) is 35.0 Å². The molecule has 0 radical (unpaired) electrons. The van der Waals surface area contributed by atoms with Gasteiger partial charge in [0, 0.05) is 10.9 Å². The molecule has 0 saturated heterocycles. The van der Waals surface area contributed by atoms with E-state index in [1.807, 2.05) is 12.1 Å². The second-order valence-electron chi connectivity index (χ2n) is 4.35. The number of benzene rings is 1. The van der Waals surface area contributed by atoms with Crippen LogP contribution in [0.1, 0.15) is 25.3 Å². The molecular weight excluding hydrogens is 240 g/mol. The molecule has 0 aromatic heterocycles. The van der Waals surface area contributed by atoms with E-state index in [9.17, 15) is 5.11 Å². The molecule has 76 valence electrons. The Bertz CT molecular complexity index is 320. The van der Waals surface area contributed by atoms with Gasteiger partial charge in [-0.3, -0.25) is 0 Å². The summed E-state index contributed by atoms with van der Waals surface area (Å²) in [6, 6.07) is 8.21. The van der Waals surface area contributed by atoms with E-state index >= 15 is 0 Å². The van der Waals surface area contributed by atoms with E-state index in [1.165, 1.54) is 5.56 Å². The molecule has 1 nitrogen and oxygen atoms in total. The van der Waals surface area contributed by atoms with Crippen LogP contribution in [0.5, 0.6) is 0 Å². The highest BCUT2D eigenvalue weighted by Crippen LogP contribution is 2.40. The van der Waals surface area contributed by atoms with Gasteiger partial charge < -0.3 is 5.11 Å². The van der Waals surface area contributed by atoms with Crippen LogP contribution >= 0.6 is 15.9 Å². The van der Waals surface area contributed by atoms with Gasteiger partial charge in [-0.15, -0.1) is 0 Å². The topological polar surface area (TPSA) is 20.2 Å². The van der Waals surface area contributed by atoms with Crippen molar-refractivity contribution in [1.29, 1.82) is 0 Å². The predicted octanol–water partition coefficient (Wildman–Crippen LogP) is 3.15. The Hall–Kier alpha value is -0.340. The summed E-state index contributed by atoms with van der Waals surface area (Å²) in [6.07, 6.45) is 2.90. The fourth-order valence-electron chi connectivity index (χ4n) is 1.98. The summed E-state index contributed by atoms with van der Waals surface area (Å²) in [5, 5.41) is 10.2. The van der Waals surface area contributed by atoms with Crippen molar-refractivity contribution >= 4 is 15.9 Å². The largest absolute Gasteiger partial charge is 0.389 e. The molecule has 0 bridgehead atoms. The normalized spacial score (nSPS) is 31.2. The van der Waals surface area contributed by atoms with E-state index in [0.717, 1.165) is 23.7 Å². The fraction of sp³-hybridized carbons (Fsp3) is 0.500. The Morgan fingerprint density at radius 1 is 1.43 bits per heavy atom. The molecule has 0 aliphatic heterocycles. The molecule has 14 heavy (non-hydrogen) atoms. The first-order valence-corrected chi connectivity index (χ1v) is 5.86. The Kier molecular flexibility index (Phi) is 2.67. The SMILES string of the molecule is CC1CCC1(O)Cc1ccc(Br)cc1. The van der Waals surface area contributed by atoms with E-state index in [1.54, 1.807) is 0 Å². The maximum atomic E-state index is 10.2. The summed E-state index contributed by atoms with van der Waals surface area (Å²) < 4.78 is 1.09. The van der Waals surface area contributed by atoms with Gasteiger partial charge in [0.25, 0.3) is 0 Å². The van der Waals surface area contributed by atoms with Crippen molar-refractivity contribution in [2.45, 2.75) is 31.8 Å². The van der Waals surface area contributed by atoms with Gasteiger partial charge in [0.2, 0.25) is 0 Å². The van der Waals surface area contributed by atoms with Crippen molar-refractivity contribution in [1.82, 2.24) is 0 Å². The highest BCUT2D eigenvalue weighted by Gasteiger charge is 2.41. The fourth-order valence-corrected chi connectivity index (χ4v) is 2.25. The van der Waals surface area contributed by atoms with Crippen LogP contribution in [0, 0.1) is 5.92 Å². The minimum Gasteiger partial charge on any atom is -0.389 e. The first kappa shape index (κ1) is 10.2. The minimum atomic E-state index is -0.437. The van der Waals surface area contributed by atoms with E-state index in [0.29, 0.717) is 5.92 Å². The first-order valence-electron chi connectivity index (χ1n) is 5.07. The molecule has 1 aliphatic rings. The number of hydrogen-bond donors (Lipinski definition) is 1. The summed E-state index contributed by atoms with van der Waals surface area (Å²) in [6.45, 7) is 2.13. The van der Waals surface area contributed by atoms with Crippen molar-refractivity contribution in [3.8, 4) is 0 Å². The van der Waals surface area contributed by atoms with Gasteiger partial charge in [0.15, 0.2) is 0 Å². The molecule has 1 aromatic carbocycles. The van der Waals surface area contributed by atoms with Gasteiger partial charge in [0.05, 0.1) is 5.60 Å². The smallest absolute Gasteiger partial charge is 0.0713 e. The van der Waals surface area contributed by atoms with Crippen molar-refractivity contribution in [2.75, 3.05) is 0 Å². The van der Waals surface area contributed by atoms with E-state index in [2.05, 4.69) is 35.0 Å². The Morgan fingerprint density at radius 3 is 2.50 bits per heavy atom. The van der Waals surface area contributed by atoms with Gasteiger partial charge in [-0.05, 0) is 36.5 Å². The number of aliphatic hydroxyl groups is 1. The average molecular weight is 255 g/mol. The van der Waals surface area contributed by atoms with Gasteiger partial charge in [-0.25, -0.2) is 0 Å². The molecule has 1 N–H and O–H groups in total. The lowest BCUT2D eigenvalue weighted by Crippen LogP contribution is -2.47. The predicted molar refractivity (Wildman–Crippen MR) is 61.2 cm³/mol. The highest BCUT2D eigenvalue weighted by molar-refractivity contribution is 9.10. The Morgan fingerprint density at radius 2 is 2.07 bits per heavy atom. The Balaban J connectivity index is 2.07. The van der Waals surface area contributed by atoms with Crippen LogP contribution in [0.15, 0.2) is 28.7 Å². The molecule has 1 aromatic rings. The van der Waals surface area contributed by atoms with E-state index < -0.39 is 5.60 Å². The van der Waals surface area contributed by atoms with Crippen LogP contribution in [-0.2, 0) is 6.42 Å². The van der Waals surface area contributed by atoms with Crippen LogP contribution < -0.4 is 0 Å². The number of hydrogen-bond acceptors (Lipinski definition) is 1. The lowest BCUT2D eigenvalue weighted by Gasteiger charge is -2.43. The van der Waals surface area contributed by atoms with Crippen LogP contribution in [0.25, 0.3) is 0 Å². The maximum Gasteiger partial charge on any atom is 0.0713 e. The standard InChI is InChI=1S/C12H15BrO/c1-9-6-7-12(9,14)8-10-2-4-11(13)5-3-10/h2-5,9,14H,6-8H2,1H3. The maximum absolute atomic E-state index is 10.2. The van der Waals surface area contributed by atoms with Gasteiger partial charge >= 0.3 is 0 Å². The highest BCUT2D eigenvalue weighted by atomic mass is 79.9. The summed E-state index contributed by atoms with van der Waals surface area (Å²) >= 11 is 3.41. The lowest BCUT2D eigenvalue weighted by atomic mass is 9.67. The quantitative estimate of drug-likeness (QED) is 0.860. The van der Waals surface area contributed by atoms with Crippen LogP contribution in [0.2, 0.25) is 0 Å². The van der Waals surface area contributed by atoms with Crippen molar-refractivity contribution < 1.29 is 5.11 Å². The molecule has 2 atom stereocenters. The zero-order valence-corrected chi connectivity index (χ0v) is 9.92. The van der Waals surface area contributed by atoms with Gasteiger partial charge in [-0.2, -0.15) is 0 Å². The third-order valence-electron chi connectivity index (χ3n) is 3.35. The molecule has 1 fully saturated rings. The molecule has 0 spiro atoms. The third-order valence-corrected chi connectivity index (χ3v) is 3.88. The second-order valence-corrected chi connectivity index (χ2v) is 5.26. The molecule has 1 aliphatic carbocycles.